The Hall–Kier alpha value is -1.71. The van der Waals surface area contributed by atoms with Gasteiger partial charge in [-0.2, -0.15) is 0 Å². The SMILES string of the molecule is Cc1cccc(CN(C)CCNCc2cccnc2)c1. The van der Waals surface area contributed by atoms with Crippen molar-refractivity contribution in [3.63, 3.8) is 0 Å². The Balaban J connectivity index is 1.66. The van der Waals surface area contributed by atoms with Gasteiger partial charge in [-0.1, -0.05) is 35.9 Å². The predicted molar refractivity (Wildman–Crippen MR) is 83.5 cm³/mol. The van der Waals surface area contributed by atoms with Crippen LogP contribution < -0.4 is 5.32 Å². The van der Waals surface area contributed by atoms with Gasteiger partial charge in [0.1, 0.15) is 0 Å². The number of likely N-dealkylation sites (N-methyl/N-ethyl adjacent to an activating group) is 1. The van der Waals surface area contributed by atoms with E-state index in [1.54, 1.807) is 6.20 Å². The van der Waals surface area contributed by atoms with Crippen molar-refractivity contribution in [1.82, 2.24) is 15.2 Å². The monoisotopic (exact) mass is 269 g/mol. The number of hydrogen-bond donors (Lipinski definition) is 1. The maximum absolute atomic E-state index is 4.11. The second kappa shape index (κ2) is 7.78. The topological polar surface area (TPSA) is 28.2 Å². The number of nitrogens with zero attached hydrogens (tertiary/aromatic N) is 2. The molecule has 0 aliphatic heterocycles. The van der Waals surface area contributed by atoms with Crippen LogP contribution in [0, 0.1) is 6.92 Å². The van der Waals surface area contributed by atoms with Crippen LogP contribution in [-0.2, 0) is 13.1 Å². The minimum atomic E-state index is 0.881. The van der Waals surface area contributed by atoms with Crippen LogP contribution in [0.4, 0.5) is 0 Å². The molecule has 1 N–H and O–H groups in total. The molecule has 0 saturated carbocycles. The van der Waals surface area contributed by atoms with Crippen molar-refractivity contribution in [2.24, 2.45) is 0 Å². The summed E-state index contributed by atoms with van der Waals surface area (Å²) in [4.78, 5) is 6.45. The molecule has 0 fully saturated rings. The molecule has 0 atom stereocenters. The fraction of sp³-hybridized carbons (Fsp3) is 0.353. The van der Waals surface area contributed by atoms with E-state index in [-0.39, 0.29) is 0 Å². The molecule has 0 unspecified atom stereocenters. The van der Waals surface area contributed by atoms with Crippen LogP contribution in [0.2, 0.25) is 0 Å². The van der Waals surface area contributed by atoms with Gasteiger partial charge in [0.05, 0.1) is 0 Å². The van der Waals surface area contributed by atoms with E-state index < -0.39 is 0 Å². The van der Waals surface area contributed by atoms with Gasteiger partial charge in [-0.15, -0.1) is 0 Å². The first kappa shape index (κ1) is 14.7. The van der Waals surface area contributed by atoms with Crippen molar-refractivity contribution in [2.45, 2.75) is 20.0 Å². The molecule has 106 valence electrons. The Kier molecular flexibility index (Phi) is 5.71. The van der Waals surface area contributed by atoms with E-state index in [4.69, 9.17) is 0 Å². The summed E-state index contributed by atoms with van der Waals surface area (Å²) in [5.41, 5.74) is 3.93. The summed E-state index contributed by atoms with van der Waals surface area (Å²) in [6.45, 7) is 6.03. The van der Waals surface area contributed by atoms with Crippen LogP contribution in [-0.4, -0.2) is 30.0 Å². The van der Waals surface area contributed by atoms with Crippen molar-refractivity contribution >= 4 is 0 Å². The highest BCUT2D eigenvalue weighted by Gasteiger charge is 2.00. The first-order chi connectivity index (χ1) is 9.74. The second-order valence-corrected chi connectivity index (χ2v) is 5.26. The van der Waals surface area contributed by atoms with Crippen LogP contribution in [0.15, 0.2) is 48.8 Å². The highest BCUT2D eigenvalue weighted by Crippen LogP contribution is 2.06. The van der Waals surface area contributed by atoms with Gasteiger partial charge in [-0.05, 0) is 31.2 Å². The summed E-state index contributed by atoms with van der Waals surface area (Å²) in [7, 11) is 2.16. The van der Waals surface area contributed by atoms with E-state index in [2.05, 4.69) is 59.5 Å². The molecule has 0 radical (unpaired) electrons. The van der Waals surface area contributed by atoms with Gasteiger partial charge in [0.2, 0.25) is 0 Å². The number of hydrogen-bond acceptors (Lipinski definition) is 3. The largest absolute Gasteiger partial charge is 0.311 e. The first-order valence-corrected chi connectivity index (χ1v) is 7.08. The van der Waals surface area contributed by atoms with Crippen LogP contribution in [0.1, 0.15) is 16.7 Å². The average Bonchev–Trinajstić information content (AvgIpc) is 2.45. The summed E-state index contributed by atoms with van der Waals surface area (Å²) in [5.74, 6) is 0. The number of aryl methyl sites for hydroxylation is 1. The Labute approximate surface area is 121 Å². The fourth-order valence-electron chi connectivity index (χ4n) is 2.21. The van der Waals surface area contributed by atoms with Crippen LogP contribution in [0.25, 0.3) is 0 Å². The number of nitrogens with one attached hydrogen (secondary N) is 1. The number of rotatable bonds is 7. The van der Waals surface area contributed by atoms with Gasteiger partial charge in [0.25, 0.3) is 0 Å². The Morgan fingerprint density at radius 3 is 2.75 bits per heavy atom. The summed E-state index contributed by atoms with van der Waals surface area (Å²) in [6, 6.07) is 12.8. The normalized spacial score (nSPS) is 10.9. The van der Waals surface area contributed by atoms with E-state index in [0.29, 0.717) is 0 Å². The first-order valence-electron chi connectivity index (χ1n) is 7.08. The van der Waals surface area contributed by atoms with Gasteiger partial charge in [0, 0.05) is 38.6 Å². The third kappa shape index (κ3) is 5.11. The van der Waals surface area contributed by atoms with Crippen molar-refractivity contribution < 1.29 is 0 Å². The summed E-state index contributed by atoms with van der Waals surface area (Å²) >= 11 is 0. The molecule has 1 aromatic heterocycles. The molecule has 3 nitrogen and oxygen atoms in total. The molecule has 0 spiro atoms. The molecular formula is C17H23N3. The van der Waals surface area contributed by atoms with Crippen LogP contribution >= 0.6 is 0 Å². The molecule has 2 aromatic rings. The molecule has 0 aliphatic carbocycles. The van der Waals surface area contributed by atoms with Gasteiger partial charge in [0.15, 0.2) is 0 Å². The summed E-state index contributed by atoms with van der Waals surface area (Å²) < 4.78 is 0. The van der Waals surface area contributed by atoms with Crippen molar-refractivity contribution in [1.29, 1.82) is 0 Å². The van der Waals surface area contributed by atoms with E-state index in [1.807, 2.05) is 12.3 Å². The number of pyridine rings is 1. The standard InChI is InChI=1S/C17H23N3/c1-15-5-3-6-16(11-15)14-20(2)10-9-19-13-17-7-4-8-18-12-17/h3-8,11-12,19H,9-10,13-14H2,1-2H3. The van der Waals surface area contributed by atoms with Gasteiger partial charge in [-0.25, -0.2) is 0 Å². The van der Waals surface area contributed by atoms with E-state index >= 15 is 0 Å². The third-order valence-corrected chi connectivity index (χ3v) is 3.26. The van der Waals surface area contributed by atoms with E-state index in [1.165, 1.54) is 16.7 Å². The van der Waals surface area contributed by atoms with Gasteiger partial charge < -0.3 is 10.2 Å². The molecule has 20 heavy (non-hydrogen) atoms. The Bertz CT molecular complexity index is 511. The lowest BCUT2D eigenvalue weighted by atomic mass is 10.1. The lowest BCUT2D eigenvalue weighted by Gasteiger charge is -2.17. The smallest absolute Gasteiger partial charge is 0.0312 e. The molecule has 2 rings (SSSR count). The zero-order chi connectivity index (χ0) is 14.2. The molecule has 1 aromatic carbocycles. The van der Waals surface area contributed by atoms with Crippen molar-refractivity contribution in [3.8, 4) is 0 Å². The lowest BCUT2D eigenvalue weighted by Crippen LogP contribution is -2.28. The maximum Gasteiger partial charge on any atom is 0.0312 e. The molecule has 0 saturated heterocycles. The summed E-state index contributed by atoms with van der Waals surface area (Å²) in [6.07, 6.45) is 3.71. The van der Waals surface area contributed by atoms with Crippen LogP contribution in [0.5, 0.6) is 0 Å². The van der Waals surface area contributed by atoms with E-state index in [9.17, 15) is 0 Å². The van der Waals surface area contributed by atoms with Crippen LogP contribution in [0.3, 0.4) is 0 Å². The quantitative estimate of drug-likeness (QED) is 0.783. The maximum atomic E-state index is 4.11. The van der Waals surface area contributed by atoms with Crippen molar-refractivity contribution in [3.05, 3.63) is 65.5 Å². The second-order valence-electron chi connectivity index (χ2n) is 5.26. The number of aromatic nitrogens is 1. The highest BCUT2D eigenvalue weighted by atomic mass is 15.1. The zero-order valence-corrected chi connectivity index (χ0v) is 12.3. The minimum Gasteiger partial charge on any atom is -0.311 e. The molecule has 1 heterocycles. The van der Waals surface area contributed by atoms with Crippen molar-refractivity contribution in [2.75, 3.05) is 20.1 Å². The zero-order valence-electron chi connectivity index (χ0n) is 12.3. The van der Waals surface area contributed by atoms with Gasteiger partial charge in [-0.3, -0.25) is 4.98 Å². The fourth-order valence-corrected chi connectivity index (χ4v) is 2.21. The average molecular weight is 269 g/mol. The molecule has 0 amide bonds. The Morgan fingerprint density at radius 1 is 1.15 bits per heavy atom. The number of benzene rings is 1. The lowest BCUT2D eigenvalue weighted by molar-refractivity contribution is 0.324. The van der Waals surface area contributed by atoms with Gasteiger partial charge >= 0.3 is 0 Å². The highest BCUT2D eigenvalue weighted by molar-refractivity contribution is 5.21. The Morgan fingerprint density at radius 2 is 2.00 bits per heavy atom. The molecule has 0 aliphatic rings. The molecule has 3 heteroatoms. The van der Waals surface area contributed by atoms with E-state index in [0.717, 1.165) is 26.2 Å². The molecule has 0 bridgehead atoms. The minimum absolute atomic E-state index is 0.881. The summed E-state index contributed by atoms with van der Waals surface area (Å²) in [5, 5.41) is 3.45. The third-order valence-electron chi connectivity index (χ3n) is 3.26. The molecular weight excluding hydrogens is 246 g/mol. The predicted octanol–water partition coefficient (Wildman–Crippen LogP) is 2.61.